The summed E-state index contributed by atoms with van der Waals surface area (Å²) < 4.78 is 12.6. The van der Waals surface area contributed by atoms with Crippen LogP contribution in [-0.2, 0) is 16.9 Å². The van der Waals surface area contributed by atoms with Gasteiger partial charge in [0.1, 0.15) is 10.7 Å². The average molecular weight is 367 g/mol. The molecule has 0 radical (unpaired) electrons. The third-order valence-corrected chi connectivity index (χ3v) is 5.14. The summed E-state index contributed by atoms with van der Waals surface area (Å²) in [5, 5.41) is 9.03. The van der Waals surface area contributed by atoms with Gasteiger partial charge < -0.3 is 20.5 Å². The van der Waals surface area contributed by atoms with Crippen molar-refractivity contribution in [3.63, 3.8) is 0 Å². The van der Waals surface area contributed by atoms with Gasteiger partial charge in [0.15, 0.2) is 0 Å². The highest BCUT2D eigenvalue weighted by atomic mass is 32.2. The first-order valence-electron chi connectivity index (χ1n) is 7.64. The lowest BCUT2D eigenvalue weighted by atomic mass is 10.1. The number of aliphatic imine (C=N–C) groups is 1. The summed E-state index contributed by atoms with van der Waals surface area (Å²) in [6.07, 6.45) is 0. The number of nitrogens with one attached hydrogen (secondary N) is 3. The Labute approximate surface area is 150 Å². The lowest BCUT2D eigenvalue weighted by Crippen LogP contribution is -2.44. The second-order valence-corrected chi connectivity index (χ2v) is 8.13. The van der Waals surface area contributed by atoms with Crippen molar-refractivity contribution >= 4 is 45.3 Å². The summed E-state index contributed by atoms with van der Waals surface area (Å²) >= 11 is 3.82. The Bertz CT molecular complexity index is 674. The van der Waals surface area contributed by atoms with Crippen LogP contribution in [0.2, 0.25) is 0 Å². The van der Waals surface area contributed by atoms with Crippen molar-refractivity contribution in [2.75, 3.05) is 5.32 Å². The maximum absolute atomic E-state index is 12.6. The van der Waals surface area contributed by atoms with E-state index in [1.54, 1.807) is 6.07 Å². The van der Waals surface area contributed by atoms with Crippen molar-refractivity contribution in [1.82, 2.24) is 10.6 Å². The molecule has 0 fully saturated rings. The van der Waals surface area contributed by atoms with Gasteiger partial charge in [-0.3, -0.25) is 0 Å². The number of carbonyl (C=O) groups excluding carboxylic acids is 1. The lowest BCUT2D eigenvalue weighted by molar-refractivity contribution is 0.250. The molecular formula is C16H22N4O2S2. The SMILES string of the molecule is CC(C)NC(=O)Nc1ccccc1C[S+]([O-])C1=NC(=S)C(C)(C)N1. The quantitative estimate of drug-likeness (QED) is 0.564. The predicted molar refractivity (Wildman–Crippen MR) is 103 cm³/mol. The molecule has 3 N–H and O–H groups in total. The van der Waals surface area contributed by atoms with E-state index in [0.29, 0.717) is 15.8 Å². The molecular weight excluding hydrogens is 344 g/mol. The summed E-state index contributed by atoms with van der Waals surface area (Å²) in [4.78, 5) is 16.6. The van der Waals surface area contributed by atoms with Crippen LogP contribution in [0.4, 0.5) is 10.5 Å². The number of carbonyl (C=O) groups is 1. The van der Waals surface area contributed by atoms with Crippen molar-refractivity contribution in [3.8, 4) is 0 Å². The van der Waals surface area contributed by atoms with Crippen LogP contribution < -0.4 is 16.0 Å². The van der Waals surface area contributed by atoms with Gasteiger partial charge in [-0.05, 0) is 33.8 Å². The first-order chi connectivity index (χ1) is 11.2. The first-order valence-corrected chi connectivity index (χ1v) is 9.37. The molecule has 1 unspecified atom stereocenters. The predicted octanol–water partition coefficient (Wildman–Crippen LogP) is 2.53. The average Bonchev–Trinajstić information content (AvgIpc) is 2.74. The monoisotopic (exact) mass is 366 g/mol. The van der Waals surface area contributed by atoms with Crippen molar-refractivity contribution in [3.05, 3.63) is 29.8 Å². The van der Waals surface area contributed by atoms with E-state index in [-0.39, 0.29) is 17.8 Å². The molecule has 0 aliphatic carbocycles. The molecule has 2 amide bonds. The van der Waals surface area contributed by atoms with Crippen LogP contribution in [0, 0.1) is 0 Å². The molecule has 130 valence electrons. The standard InChI is InChI=1S/C16H22N4O2S2/c1-10(2)17-14(21)18-12-8-6-5-7-11(12)9-24(22)15-19-13(23)16(3,4)20-15/h5-8,10H,9H2,1-4H3,(H2,17,18,21)(H,19,20,23). The Morgan fingerprint density at radius 3 is 2.67 bits per heavy atom. The molecule has 0 spiro atoms. The van der Waals surface area contributed by atoms with Gasteiger partial charge in [-0.1, -0.05) is 30.4 Å². The topological polar surface area (TPSA) is 88.6 Å². The number of nitrogens with zero attached hydrogens (tertiary/aromatic N) is 1. The molecule has 24 heavy (non-hydrogen) atoms. The number of anilines is 1. The zero-order valence-electron chi connectivity index (χ0n) is 14.2. The molecule has 6 nitrogen and oxygen atoms in total. The number of para-hydroxylation sites is 1. The number of amides is 2. The van der Waals surface area contributed by atoms with Crippen LogP contribution in [0.25, 0.3) is 0 Å². The smallest absolute Gasteiger partial charge is 0.319 e. The van der Waals surface area contributed by atoms with Crippen molar-refractivity contribution in [1.29, 1.82) is 0 Å². The van der Waals surface area contributed by atoms with Gasteiger partial charge >= 0.3 is 11.2 Å². The number of rotatable bonds is 4. The summed E-state index contributed by atoms with van der Waals surface area (Å²) in [6.45, 7) is 7.56. The largest absolute Gasteiger partial charge is 0.609 e. The van der Waals surface area contributed by atoms with Crippen molar-refractivity contribution in [2.45, 2.75) is 45.0 Å². The third kappa shape index (κ3) is 4.68. The Kier molecular flexibility index (Phi) is 5.84. The van der Waals surface area contributed by atoms with Crippen LogP contribution in [0.15, 0.2) is 29.3 Å². The van der Waals surface area contributed by atoms with Crippen LogP contribution in [-0.4, -0.2) is 32.3 Å². The summed E-state index contributed by atoms with van der Waals surface area (Å²) in [6, 6.07) is 7.03. The van der Waals surface area contributed by atoms with Gasteiger partial charge in [-0.15, -0.1) is 0 Å². The molecule has 8 heteroatoms. The maximum atomic E-state index is 12.6. The van der Waals surface area contributed by atoms with Gasteiger partial charge in [-0.2, -0.15) is 4.99 Å². The second-order valence-electron chi connectivity index (χ2n) is 6.37. The van der Waals surface area contributed by atoms with Crippen LogP contribution in [0.1, 0.15) is 33.3 Å². The number of benzene rings is 1. The van der Waals surface area contributed by atoms with Gasteiger partial charge in [0.25, 0.3) is 0 Å². The van der Waals surface area contributed by atoms with E-state index in [4.69, 9.17) is 12.2 Å². The zero-order chi connectivity index (χ0) is 17.9. The lowest BCUT2D eigenvalue weighted by Gasteiger charge is -2.19. The van der Waals surface area contributed by atoms with Gasteiger partial charge in [-0.25, -0.2) is 4.79 Å². The number of hydrogen-bond donors (Lipinski definition) is 3. The number of thiocarbonyl (C=S) groups is 1. The Morgan fingerprint density at radius 2 is 2.08 bits per heavy atom. The van der Waals surface area contributed by atoms with Gasteiger partial charge in [0.2, 0.25) is 0 Å². The Balaban J connectivity index is 2.09. The van der Waals surface area contributed by atoms with Crippen molar-refractivity contribution < 1.29 is 9.35 Å². The molecule has 1 aliphatic heterocycles. The van der Waals surface area contributed by atoms with E-state index in [9.17, 15) is 9.35 Å². The van der Waals surface area contributed by atoms with Crippen LogP contribution in [0.3, 0.4) is 0 Å². The molecule has 1 heterocycles. The minimum atomic E-state index is -1.37. The van der Waals surface area contributed by atoms with E-state index >= 15 is 0 Å². The van der Waals surface area contributed by atoms with E-state index < -0.39 is 16.7 Å². The number of hydrogen-bond acceptors (Lipinski definition) is 4. The summed E-state index contributed by atoms with van der Waals surface area (Å²) in [5.41, 5.74) is 0.939. The minimum Gasteiger partial charge on any atom is -0.609 e. The fraction of sp³-hybridized carbons (Fsp3) is 0.438. The molecule has 1 aromatic rings. The molecule has 0 saturated heterocycles. The van der Waals surface area contributed by atoms with E-state index in [2.05, 4.69) is 20.9 Å². The Hall–Kier alpha value is -1.64. The van der Waals surface area contributed by atoms with E-state index in [1.807, 2.05) is 45.9 Å². The summed E-state index contributed by atoms with van der Waals surface area (Å²) in [5.74, 6) is 0.239. The minimum absolute atomic E-state index is 0.0339. The molecule has 2 rings (SSSR count). The third-order valence-electron chi connectivity index (χ3n) is 3.34. The highest BCUT2D eigenvalue weighted by Gasteiger charge is 2.37. The fourth-order valence-corrected chi connectivity index (χ4v) is 3.52. The van der Waals surface area contributed by atoms with E-state index in [0.717, 1.165) is 5.56 Å². The molecule has 0 aromatic heterocycles. The highest BCUT2D eigenvalue weighted by molar-refractivity contribution is 8.05. The molecule has 0 bridgehead atoms. The fourth-order valence-electron chi connectivity index (χ4n) is 2.09. The van der Waals surface area contributed by atoms with Gasteiger partial charge in [0, 0.05) is 22.8 Å². The second kappa shape index (κ2) is 7.50. The molecule has 0 saturated carbocycles. The first kappa shape index (κ1) is 18.7. The molecule has 1 atom stereocenters. The number of amidine groups is 1. The van der Waals surface area contributed by atoms with E-state index in [1.165, 1.54) is 0 Å². The maximum Gasteiger partial charge on any atom is 0.319 e. The Morgan fingerprint density at radius 1 is 1.42 bits per heavy atom. The summed E-state index contributed by atoms with van der Waals surface area (Å²) in [7, 11) is 0. The number of urea groups is 1. The van der Waals surface area contributed by atoms with Crippen LogP contribution >= 0.6 is 12.2 Å². The zero-order valence-corrected chi connectivity index (χ0v) is 15.8. The normalized spacial score (nSPS) is 17.2. The van der Waals surface area contributed by atoms with Crippen LogP contribution in [0.5, 0.6) is 0 Å². The highest BCUT2D eigenvalue weighted by Crippen LogP contribution is 2.22. The molecule has 1 aromatic carbocycles. The molecule has 1 aliphatic rings. The van der Waals surface area contributed by atoms with Gasteiger partial charge in [0.05, 0.1) is 11.2 Å². The van der Waals surface area contributed by atoms with Crippen molar-refractivity contribution in [2.24, 2.45) is 4.99 Å².